The monoisotopic (exact) mass is 322 g/mol. The van der Waals surface area contributed by atoms with Crippen LogP contribution in [0.3, 0.4) is 0 Å². The van der Waals surface area contributed by atoms with Crippen LogP contribution in [-0.2, 0) is 11.2 Å². The fourth-order valence-corrected chi connectivity index (χ4v) is 2.07. The van der Waals surface area contributed by atoms with Crippen molar-refractivity contribution in [1.82, 2.24) is 0 Å². The number of carbonyl (C=O) groups excluding carboxylic acids is 1. The normalized spacial score (nSPS) is 10.2. The Labute approximate surface area is 131 Å². The molecule has 0 aromatic heterocycles. The molecule has 2 aromatic rings. The van der Waals surface area contributed by atoms with Gasteiger partial charge in [0.25, 0.3) is 0 Å². The number of benzene rings is 2. The van der Waals surface area contributed by atoms with Crippen LogP contribution >= 0.6 is 23.8 Å². The summed E-state index contributed by atoms with van der Waals surface area (Å²) in [7, 11) is 0. The third-order valence-corrected chi connectivity index (χ3v) is 3.33. The highest BCUT2D eigenvalue weighted by Gasteiger charge is 2.07. The van der Waals surface area contributed by atoms with E-state index in [4.69, 9.17) is 29.6 Å². The Morgan fingerprint density at radius 2 is 1.90 bits per heavy atom. The van der Waals surface area contributed by atoms with Crippen molar-refractivity contribution in [3.05, 3.63) is 64.4 Å². The molecule has 0 radical (unpaired) electrons. The molecule has 21 heavy (non-hydrogen) atoms. The number of rotatable bonds is 4. The van der Waals surface area contributed by atoms with Gasteiger partial charge in [0, 0.05) is 11.3 Å². The highest BCUT2D eigenvalue weighted by atomic mass is 35.5. The molecule has 3 nitrogen and oxygen atoms in total. The van der Waals surface area contributed by atoms with E-state index in [1.54, 1.807) is 24.3 Å². The van der Waals surface area contributed by atoms with Gasteiger partial charge in [0.15, 0.2) is 0 Å². The molecule has 0 heterocycles. The van der Waals surface area contributed by atoms with Crippen LogP contribution in [0.25, 0.3) is 0 Å². The molecular weight excluding hydrogens is 311 g/mol. The first-order valence-corrected chi connectivity index (χ1v) is 6.88. The van der Waals surface area contributed by atoms with E-state index >= 15 is 0 Å². The fourth-order valence-electron chi connectivity index (χ4n) is 1.75. The van der Waals surface area contributed by atoms with Crippen molar-refractivity contribution in [2.24, 2.45) is 5.73 Å². The van der Waals surface area contributed by atoms with Crippen LogP contribution in [0.15, 0.2) is 42.5 Å². The zero-order chi connectivity index (χ0) is 15.4. The topological polar surface area (TPSA) is 55.1 Å². The summed E-state index contributed by atoms with van der Waals surface area (Å²) in [6.07, 6.45) is 0.187. The van der Waals surface area contributed by atoms with E-state index in [1.165, 1.54) is 18.2 Å². The number of hydrogen-bond acceptors (Lipinski definition) is 2. The maximum absolute atomic E-state index is 13.0. The standard InChI is InChI=1S/C15H12ClFN2OS/c16-12-8-11(5-6-13(12)17)19-14(20)7-9-1-3-10(4-2-9)15(18)21/h1-6,8H,7H2,(H2,18,21)(H,19,20). The summed E-state index contributed by atoms with van der Waals surface area (Å²) in [6.45, 7) is 0. The number of anilines is 1. The third kappa shape index (κ3) is 4.24. The summed E-state index contributed by atoms with van der Waals surface area (Å²) in [5.74, 6) is -0.747. The zero-order valence-electron chi connectivity index (χ0n) is 10.9. The molecule has 2 aromatic carbocycles. The van der Waals surface area contributed by atoms with Crippen molar-refractivity contribution in [1.29, 1.82) is 0 Å². The second kappa shape index (κ2) is 6.65. The number of carbonyl (C=O) groups is 1. The minimum absolute atomic E-state index is 0.0337. The highest BCUT2D eigenvalue weighted by Crippen LogP contribution is 2.19. The zero-order valence-corrected chi connectivity index (χ0v) is 12.5. The van der Waals surface area contributed by atoms with E-state index in [0.29, 0.717) is 10.7 Å². The van der Waals surface area contributed by atoms with Gasteiger partial charge in [-0.1, -0.05) is 48.1 Å². The molecule has 0 saturated heterocycles. The SMILES string of the molecule is NC(=S)c1ccc(CC(=O)Nc2ccc(F)c(Cl)c2)cc1. The Balaban J connectivity index is 2.01. The van der Waals surface area contributed by atoms with Gasteiger partial charge in [0.1, 0.15) is 10.8 Å². The van der Waals surface area contributed by atoms with Gasteiger partial charge in [-0.25, -0.2) is 4.39 Å². The van der Waals surface area contributed by atoms with Gasteiger partial charge in [-0.3, -0.25) is 4.79 Å². The summed E-state index contributed by atoms with van der Waals surface area (Å²) in [5, 5.41) is 2.62. The minimum atomic E-state index is -0.525. The average Bonchev–Trinajstić information content (AvgIpc) is 2.43. The van der Waals surface area contributed by atoms with E-state index in [1.807, 2.05) is 0 Å². The Morgan fingerprint density at radius 3 is 2.48 bits per heavy atom. The molecule has 0 spiro atoms. The van der Waals surface area contributed by atoms with Crippen LogP contribution in [0.2, 0.25) is 5.02 Å². The molecule has 0 fully saturated rings. The molecule has 0 atom stereocenters. The Bertz CT molecular complexity index is 689. The Kier molecular flexibility index (Phi) is 4.88. The Hall–Kier alpha value is -1.98. The molecule has 0 aliphatic heterocycles. The van der Waals surface area contributed by atoms with E-state index in [0.717, 1.165) is 11.1 Å². The van der Waals surface area contributed by atoms with Gasteiger partial charge in [-0.05, 0) is 23.8 Å². The quantitative estimate of drug-likeness (QED) is 0.849. The number of amides is 1. The lowest BCUT2D eigenvalue weighted by Crippen LogP contribution is -2.15. The minimum Gasteiger partial charge on any atom is -0.389 e. The maximum atomic E-state index is 13.0. The van der Waals surface area contributed by atoms with Gasteiger partial charge in [0.05, 0.1) is 11.4 Å². The van der Waals surface area contributed by atoms with E-state index in [-0.39, 0.29) is 17.4 Å². The first kappa shape index (κ1) is 15.4. The van der Waals surface area contributed by atoms with E-state index < -0.39 is 5.82 Å². The number of nitrogens with two attached hydrogens (primary N) is 1. The number of hydrogen-bond donors (Lipinski definition) is 2. The van der Waals surface area contributed by atoms with Gasteiger partial charge in [0.2, 0.25) is 5.91 Å². The first-order valence-electron chi connectivity index (χ1n) is 6.09. The molecule has 0 unspecified atom stereocenters. The second-order valence-electron chi connectivity index (χ2n) is 4.42. The van der Waals surface area contributed by atoms with Crippen LogP contribution < -0.4 is 11.1 Å². The summed E-state index contributed by atoms with van der Waals surface area (Å²) in [5.41, 5.74) is 7.52. The summed E-state index contributed by atoms with van der Waals surface area (Å²) < 4.78 is 13.0. The molecule has 0 aliphatic carbocycles. The van der Waals surface area contributed by atoms with Crippen LogP contribution in [0.1, 0.15) is 11.1 Å². The van der Waals surface area contributed by atoms with Crippen molar-refractivity contribution < 1.29 is 9.18 Å². The van der Waals surface area contributed by atoms with Crippen molar-refractivity contribution in [3.63, 3.8) is 0 Å². The lowest BCUT2D eigenvalue weighted by Gasteiger charge is -2.07. The largest absolute Gasteiger partial charge is 0.389 e. The molecule has 1 amide bonds. The third-order valence-electron chi connectivity index (χ3n) is 2.81. The predicted octanol–water partition coefficient (Wildman–Crippen LogP) is 3.29. The van der Waals surface area contributed by atoms with E-state index in [9.17, 15) is 9.18 Å². The molecule has 0 bridgehead atoms. The molecule has 6 heteroatoms. The lowest BCUT2D eigenvalue weighted by atomic mass is 10.1. The average molecular weight is 323 g/mol. The van der Waals surface area contributed by atoms with Crippen molar-refractivity contribution in [3.8, 4) is 0 Å². The van der Waals surface area contributed by atoms with Crippen LogP contribution in [0.4, 0.5) is 10.1 Å². The van der Waals surface area contributed by atoms with E-state index in [2.05, 4.69) is 5.32 Å². The van der Waals surface area contributed by atoms with Crippen molar-refractivity contribution in [2.75, 3.05) is 5.32 Å². The molecular formula is C15H12ClFN2OS. The molecule has 108 valence electrons. The molecule has 2 rings (SSSR count). The van der Waals surface area contributed by atoms with Gasteiger partial charge >= 0.3 is 0 Å². The number of thiocarbonyl (C=S) groups is 1. The van der Waals surface area contributed by atoms with Crippen molar-refractivity contribution >= 4 is 40.4 Å². The van der Waals surface area contributed by atoms with Gasteiger partial charge in [-0.15, -0.1) is 0 Å². The fraction of sp³-hybridized carbons (Fsp3) is 0.0667. The summed E-state index contributed by atoms with van der Waals surface area (Å²) >= 11 is 10.5. The number of nitrogens with one attached hydrogen (secondary N) is 1. The van der Waals surface area contributed by atoms with Gasteiger partial charge < -0.3 is 11.1 Å². The van der Waals surface area contributed by atoms with Crippen LogP contribution in [0, 0.1) is 5.82 Å². The number of halogens is 2. The lowest BCUT2D eigenvalue weighted by molar-refractivity contribution is -0.115. The van der Waals surface area contributed by atoms with Crippen LogP contribution in [-0.4, -0.2) is 10.9 Å². The predicted molar refractivity (Wildman–Crippen MR) is 86.1 cm³/mol. The maximum Gasteiger partial charge on any atom is 0.228 e. The summed E-state index contributed by atoms with van der Waals surface area (Å²) in [6, 6.07) is 11.1. The van der Waals surface area contributed by atoms with Crippen molar-refractivity contribution in [2.45, 2.75) is 6.42 Å². The highest BCUT2D eigenvalue weighted by molar-refractivity contribution is 7.80. The molecule has 0 aliphatic rings. The smallest absolute Gasteiger partial charge is 0.228 e. The molecule has 3 N–H and O–H groups in total. The molecule has 0 saturated carbocycles. The van der Waals surface area contributed by atoms with Crippen LogP contribution in [0.5, 0.6) is 0 Å². The summed E-state index contributed by atoms with van der Waals surface area (Å²) in [4.78, 5) is 12.2. The second-order valence-corrected chi connectivity index (χ2v) is 5.26. The Morgan fingerprint density at radius 1 is 1.24 bits per heavy atom. The van der Waals surface area contributed by atoms with Gasteiger partial charge in [-0.2, -0.15) is 0 Å². The first-order chi connectivity index (χ1) is 9.95.